The normalized spacial score (nSPS) is 12.4. The smallest absolute Gasteiger partial charge is 0.234 e. The predicted octanol–water partition coefficient (Wildman–Crippen LogP) is 4.60. The number of aromatic amines is 1. The van der Waals surface area contributed by atoms with Gasteiger partial charge in [-0.15, -0.1) is 0 Å². The molecule has 4 aromatic rings. The van der Waals surface area contributed by atoms with Gasteiger partial charge in [0.1, 0.15) is 5.75 Å². The van der Waals surface area contributed by atoms with Crippen LogP contribution in [0.2, 0.25) is 0 Å². The van der Waals surface area contributed by atoms with Crippen LogP contribution in [0.25, 0.3) is 17.0 Å². The Hall–Kier alpha value is -2.80. The summed E-state index contributed by atoms with van der Waals surface area (Å²) in [4.78, 5) is 17.1. The topological polar surface area (TPSA) is 68.1 Å². The number of nitrogens with zero attached hydrogens (tertiary/aromatic N) is 4. The molecule has 6 nitrogen and oxygen atoms in total. The molecule has 1 N–H and O–H groups in total. The number of nitrogens with one attached hydrogen (secondary N) is 1. The number of rotatable bonds is 5. The monoisotopic (exact) mass is 379 g/mol. The molecule has 27 heavy (non-hydrogen) atoms. The van der Waals surface area contributed by atoms with Crippen LogP contribution in [-0.4, -0.2) is 31.4 Å². The van der Waals surface area contributed by atoms with Crippen LogP contribution in [0.3, 0.4) is 0 Å². The number of hydrogen-bond donors (Lipinski definition) is 1. The van der Waals surface area contributed by atoms with Crippen molar-refractivity contribution in [2.45, 2.75) is 31.2 Å². The average molecular weight is 379 g/mol. The van der Waals surface area contributed by atoms with E-state index in [2.05, 4.69) is 41.1 Å². The fourth-order valence-corrected chi connectivity index (χ4v) is 3.86. The Bertz CT molecular complexity index is 1100. The quantitative estimate of drug-likeness (QED) is 0.513. The molecule has 0 aliphatic heterocycles. The molecule has 7 heteroatoms. The van der Waals surface area contributed by atoms with Gasteiger partial charge in [0.2, 0.25) is 5.78 Å². The highest BCUT2D eigenvalue weighted by molar-refractivity contribution is 7.99. The molecule has 0 bridgehead atoms. The lowest BCUT2D eigenvalue weighted by atomic mass is 10.1. The van der Waals surface area contributed by atoms with Crippen molar-refractivity contribution in [1.82, 2.24) is 24.3 Å². The van der Waals surface area contributed by atoms with Crippen LogP contribution in [0.15, 0.2) is 47.9 Å². The Balaban J connectivity index is 1.56. The molecule has 0 spiro atoms. The van der Waals surface area contributed by atoms with Crippen LogP contribution < -0.4 is 4.74 Å². The van der Waals surface area contributed by atoms with Gasteiger partial charge in [0.05, 0.1) is 29.9 Å². The number of fused-ring (bicyclic) bond motifs is 1. The molecule has 0 amide bonds. The molecular formula is C20H21N5OS. The number of benzene rings is 1. The second-order valence-corrected chi connectivity index (χ2v) is 7.80. The lowest BCUT2D eigenvalue weighted by molar-refractivity contribution is 0.415. The van der Waals surface area contributed by atoms with Crippen molar-refractivity contribution < 1.29 is 4.74 Å². The maximum Gasteiger partial charge on any atom is 0.234 e. The second kappa shape index (κ2) is 7.08. The van der Waals surface area contributed by atoms with Crippen molar-refractivity contribution in [2.24, 2.45) is 0 Å². The number of ether oxygens (including phenoxy) is 1. The van der Waals surface area contributed by atoms with Gasteiger partial charge in [0, 0.05) is 23.1 Å². The van der Waals surface area contributed by atoms with Crippen LogP contribution in [0.1, 0.15) is 29.3 Å². The Morgan fingerprint density at radius 1 is 1.19 bits per heavy atom. The Labute approximate surface area is 162 Å². The van der Waals surface area contributed by atoms with Gasteiger partial charge < -0.3 is 9.72 Å². The lowest BCUT2D eigenvalue weighted by Gasteiger charge is -2.05. The molecule has 1 aromatic carbocycles. The number of H-pyrrole nitrogens is 1. The van der Waals surface area contributed by atoms with E-state index < -0.39 is 0 Å². The predicted molar refractivity (Wildman–Crippen MR) is 107 cm³/mol. The maximum absolute atomic E-state index is 5.30. The molecule has 1 atom stereocenters. The molecule has 138 valence electrons. The maximum atomic E-state index is 5.30. The van der Waals surface area contributed by atoms with Crippen LogP contribution >= 0.6 is 11.8 Å². The molecule has 0 radical (unpaired) electrons. The standard InChI is InChI=1S/C20H21N5OS/c1-12-8-13(2)25-11-18(23-19(25)22-12)14(3)27-20-21-10-17(24-20)15-6-5-7-16(9-15)26-4/h5-11,14H,1-4H3,(H,21,24). The van der Waals surface area contributed by atoms with E-state index in [4.69, 9.17) is 9.72 Å². The van der Waals surface area contributed by atoms with E-state index in [1.54, 1.807) is 18.9 Å². The van der Waals surface area contributed by atoms with Gasteiger partial charge in [-0.25, -0.2) is 15.0 Å². The summed E-state index contributed by atoms with van der Waals surface area (Å²) < 4.78 is 7.33. The fourth-order valence-electron chi connectivity index (χ4n) is 3.01. The summed E-state index contributed by atoms with van der Waals surface area (Å²) in [5.41, 5.74) is 5.11. The van der Waals surface area contributed by atoms with Crippen LogP contribution in [0.5, 0.6) is 5.75 Å². The highest BCUT2D eigenvalue weighted by atomic mass is 32.2. The Kier molecular flexibility index (Phi) is 4.61. The minimum absolute atomic E-state index is 0.149. The van der Waals surface area contributed by atoms with E-state index in [1.165, 1.54) is 0 Å². The summed E-state index contributed by atoms with van der Waals surface area (Å²) in [6, 6.07) is 9.98. The van der Waals surface area contributed by atoms with Gasteiger partial charge in [-0.3, -0.25) is 4.40 Å². The highest BCUT2D eigenvalue weighted by Gasteiger charge is 2.15. The van der Waals surface area contributed by atoms with Crippen molar-refractivity contribution in [3.63, 3.8) is 0 Å². The average Bonchev–Trinajstić information content (AvgIpc) is 3.29. The van der Waals surface area contributed by atoms with Crippen LogP contribution in [-0.2, 0) is 0 Å². The first kappa shape index (κ1) is 17.6. The fraction of sp³-hybridized carbons (Fsp3) is 0.250. The SMILES string of the molecule is COc1cccc(-c2cnc(SC(C)c3cn4c(C)cc(C)nc4n3)[nH]2)c1. The Morgan fingerprint density at radius 2 is 2.04 bits per heavy atom. The second-order valence-electron chi connectivity index (χ2n) is 6.47. The van der Waals surface area contributed by atoms with E-state index >= 15 is 0 Å². The molecular weight excluding hydrogens is 358 g/mol. The molecule has 0 aliphatic rings. The van der Waals surface area contributed by atoms with Crippen molar-refractivity contribution in [2.75, 3.05) is 7.11 Å². The first-order chi connectivity index (χ1) is 13.0. The minimum atomic E-state index is 0.149. The summed E-state index contributed by atoms with van der Waals surface area (Å²) in [6.07, 6.45) is 3.91. The first-order valence-electron chi connectivity index (χ1n) is 8.73. The zero-order valence-corrected chi connectivity index (χ0v) is 16.5. The third-order valence-corrected chi connectivity index (χ3v) is 5.44. The van der Waals surface area contributed by atoms with E-state index in [0.717, 1.165) is 45.0 Å². The molecule has 3 heterocycles. The summed E-state index contributed by atoms with van der Waals surface area (Å²) in [5.74, 6) is 1.57. The molecule has 0 aliphatic carbocycles. The van der Waals surface area contributed by atoms with Gasteiger partial charge in [-0.1, -0.05) is 23.9 Å². The zero-order chi connectivity index (χ0) is 19.0. The summed E-state index contributed by atoms with van der Waals surface area (Å²) in [5, 5.41) is 1.01. The molecule has 1 unspecified atom stereocenters. The minimum Gasteiger partial charge on any atom is -0.497 e. The number of thioether (sulfide) groups is 1. The Morgan fingerprint density at radius 3 is 2.85 bits per heavy atom. The lowest BCUT2D eigenvalue weighted by Crippen LogP contribution is -1.94. The van der Waals surface area contributed by atoms with Crippen molar-refractivity contribution >= 4 is 17.5 Å². The van der Waals surface area contributed by atoms with Gasteiger partial charge in [0.15, 0.2) is 5.16 Å². The van der Waals surface area contributed by atoms with E-state index in [0.29, 0.717) is 0 Å². The van der Waals surface area contributed by atoms with Crippen molar-refractivity contribution in [1.29, 1.82) is 0 Å². The van der Waals surface area contributed by atoms with Gasteiger partial charge in [-0.05, 0) is 39.0 Å². The number of imidazole rings is 2. The van der Waals surface area contributed by atoms with E-state index in [1.807, 2.05) is 41.8 Å². The highest BCUT2D eigenvalue weighted by Crippen LogP contribution is 2.34. The van der Waals surface area contributed by atoms with Crippen LogP contribution in [0.4, 0.5) is 0 Å². The zero-order valence-electron chi connectivity index (χ0n) is 15.7. The third kappa shape index (κ3) is 3.55. The van der Waals surface area contributed by atoms with E-state index in [-0.39, 0.29) is 5.25 Å². The van der Waals surface area contributed by atoms with E-state index in [9.17, 15) is 0 Å². The number of aryl methyl sites for hydroxylation is 2. The van der Waals surface area contributed by atoms with Gasteiger partial charge >= 0.3 is 0 Å². The number of methoxy groups -OCH3 is 1. The first-order valence-corrected chi connectivity index (χ1v) is 9.61. The van der Waals surface area contributed by atoms with Crippen molar-refractivity contribution in [3.8, 4) is 17.0 Å². The molecule has 0 saturated heterocycles. The molecule has 0 fully saturated rings. The summed E-state index contributed by atoms with van der Waals surface area (Å²) >= 11 is 1.65. The number of hydrogen-bond acceptors (Lipinski definition) is 5. The summed E-state index contributed by atoms with van der Waals surface area (Å²) in [7, 11) is 1.67. The van der Waals surface area contributed by atoms with Crippen LogP contribution in [0, 0.1) is 13.8 Å². The third-order valence-electron chi connectivity index (χ3n) is 4.42. The molecule has 3 aromatic heterocycles. The summed E-state index contributed by atoms with van der Waals surface area (Å²) in [6.45, 7) is 6.18. The number of aromatic nitrogens is 5. The van der Waals surface area contributed by atoms with Gasteiger partial charge in [0.25, 0.3) is 0 Å². The largest absolute Gasteiger partial charge is 0.497 e. The van der Waals surface area contributed by atoms with Gasteiger partial charge in [-0.2, -0.15) is 0 Å². The molecule has 4 rings (SSSR count). The van der Waals surface area contributed by atoms with Crippen molar-refractivity contribution in [3.05, 3.63) is 59.8 Å². The molecule has 0 saturated carbocycles.